The van der Waals surface area contributed by atoms with Crippen LogP contribution in [-0.4, -0.2) is 30.5 Å². The average molecular weight is 317 g/mol. The molecule has 0 aliphatic carbocycles. The fourth-order valence-corrected chi connectivity index (χ4v) is 2.15. The molecule has 96 valence electrons. The lowest BCUT2D eigenvalue weighted by atomic mass is 10.1. The number of amides is 1. The highest BCUT2D eigenvalue weighted by atomic mass is 79.9. The molecule has 0 aromatic carbocycles. The van der Waals surface area contributed by atoms with Crippen molar-refractivity contribution in [2.45, 2.75) is 6.42 Å². The number of hydrogen-bond donors (Lipinski definition) is 0. The molecule has 2 rings (SSSR count). The molecule has 0 bridgehead atoms. The lowest BCUT2D eigenvalue weighted by molar-refractivity contribution is -0.145. The summed E-state index contributed by atoms with van der Waals surface area (Å²) in [7, 11) is 1.26. The highest BCUT2D eigenvalue weighted by Gasteiger charge is 2.37. The summed E-state index contributed by atoms with van der Waals surface area (Å²) in [6.45, 7) is 0.0943. The monoisotopic (exact) mass is 316 g/mol. The van der Waals surface area contributed by atoms with Crippen LogP contribution in [0.25, 0.3) is 0 Å². The van der Waals surface area contributed by atoms with Gasteiger partial charge in [0.2, 0.25) is 5.91 Å². The van der Waals surface area contributed by atoms with Gasteiger partial charge in [-0.1, -0.05) is 0 Å². The molecule has 1 atom stereocenters. The molecule has 1 aromatic rings. The molecule has 7 heteroatoms. The van der Waals surface area contributed by atoms with Gasteiger partial charge in [0.1, 0.15) is 0 Å². The van der Waals surface area contributed by atoms with E-state index in [0.29, 0.717) is 4.47 Å². The second kappa shape index (κ2) is 5.01. The Morgan fingerprint density at radius 3 is 3.00 bits per heavy atom. The number of esters is 1. The molecular weight excluding hydrogens is 307 g/mol. The van der Waals surface area contributed by atoms with Crippen molar-refractivity contribution in [1.29, 1.82) is 0 Å². The van der Waals surface area contributed by atoms with Crippen LogP contribution in [0, 0.1) is 11.7 Å². The third kappa shape index (κ3) is 2.35. The Bertz CT molecular complexity index is 509. The second-order valence-corrected chi connectivity index (χ2v) is 4.80. The van der Waals surface area contributed by atoms with Crippen LogP contribution in [0.5, 0.6) is 0 Å². The minimum Gasteiger partial charge on any atom is -0.469 e. The van der Waals surface area contributed by atoms with Crippen molar-refractivity contribution in [2.75, 3.05) is 18.6 Å². The van der Waals surface area contributed by atoms with Crippen LogP contribution in [0.15, 0.2) is 16.7 Å². The van der Waals surface area contributed by atoms with E-state index in [1.807, 2.05) is 0 Å². The van der Waals surface area contributed by atoms with Gasteiger partial charge >= 0.3 is 5.97 Å². The molecule has 2 heterocycles. The van der Waals surface area contributed by atoms with Gasteiger partial charge in [-0.3, -0.25) is 14.5 Å². The van der Waals surface area contributed by atoms with Gasteiger partial charge < -0.3 is 4.74 Å². The number of carbonyl (C=O) groups is 2. The molecule has 1 aliphatic heterocycles. The first-order valence-electron chi connectivity index (χ1n) is 5.22. The summed E-state index contributed by atoms with van der Waals surface area (Å²) in [4.78, 5) is 28.1. The van der Waals surface area contributed by atoms with Crippen LogP contribution < -0.4 is 4.90 Å². The van der Waals surface area contributed by atoms with Gasteiger partial charge in [-0.15, -0.1) is 0 Å². The Morgan fingerprint density at radius 2 is 2.39 bits per heavy atom. The Balaban J connectivity index is 2.24. The summed E-state index contributed by atoms with van der Waals surface area (Å²) in [6, 6.07) is 1.22. The maximum absolute atomic E-state index is 13.7. The summed E-state index contributed by atoms with van der Waals surface area (Å²) >= 11 is 3.09. The molecule has 1 aromatic heterocycles. The summed E-state index contributed by atoms with van der Waals surface area (Å²) in [6.07, 6.45) is 1.42. The maximum atomic E-state index is 13.7. The number of pyridine rings is 1. The van der Waals surface area contributed by atoms with Crippen LogP contribution in [0.2, 0.25) is 0 Å². The van der Waals surface area contributed by atoms with Gasteiger partial charge in [0.25, 0.3) is 0 Å². The summed E-state index contributed by atoms with van der Waals surface area (Å²) in [5.41, 5.74) is 0. The third-order valence-electron chi connectivity index (χ3n) is 2.70. The van der Waals surface area contributed by atoms with E-state index in [9.17, 15) is 14.0 Å². The number of aromatic nitrogens is 1. The third-order valence-corrected chi connectivity index (χ3v) is 3.14. The molecule has 1 amide bonds. The number of ether oxygens (including phenoxy) is 1. The first-order chi connectivity index (χ1) is 8.52. The standard InChI is InChI=1S/C11H10BrFN2O3/c1-18-11(17)6-2-9(16)15(5-6)10-8(13)3-7(12)4-14-10/h3-4,6H,2,5H2,1H3. The van der Waals surface area contributed by atoms with E-state index < -0.39 is 17.7 Å². The normalized spacial score (nSPS) is 19.2. The van der Waals surface area contributed by atoms with Gasteiger partial charge in [-0.05, 0) is 22.0 Å². The van der Waals surface area contributed by atoms with Gasteiger partial charge in [0.15, 0.2) is 11.6 Å². The number of carbonyl (C=O) groups excluding carboxylic acids is 2. The Morgan fingerprint density at radius 1 is 1.67 bits per heavy atom. The number of methoxy groups -OCH3 is 1. The first-order valence-corrected chi connectivity index (χ1v) is 6.01. The van der Waals surface area contributed by atoms with E-state index in [1.54, 1.807) is 0 Å². The molecule has 0 saturated carbocycles. The Labute approximate surface area is 111 Å². The van der Waals surface area contributed by atoms with Gasteiger partial charge in [0, 0.05) is 23.6 Å². The van der Waals surface area contributed by atoms with Crippen LogP contribution in [-0.2, 0) is 14.3 Å². The van der Waals surface area contributed by atoms with Crippen LogP contribution in [0.1, 0.15) is 6.42 Å². The molecule has 0 N–H and O–H groups in total. The van der Waals surface area contributed by atoms with E-state index in [1.165, 1.54) is 24.3 Å². The quantitative estimate of drug-likeness (QED) is 0.776. The van der Waals surface area contributed by atoms with Gasteiger partial charge in [0.05, 0.1) is 13.0 Å². The van der Waals surface area contributed by atoms with E-state index in [0.717, 1.165) is 0 Å². The lowest BCUT2D eigenvalue weighted by Gasteiger charge is -2.15. The van der Waals surface area contributed by atoms with Crippen LogP contribution >= 0.6 is 15.9 Å². The van der Waals surface area contributed by atoms with Crippen LogP contribution in [0.3, 0.4) is 0 Å². The van der Waals surface area contributed by atoms with Crippen molar-refractivity contribution in [2.24, 2.45) is 5.92 Å². The zero-order valence-corrected chi connectivity index (χ0v) is 11.1. The summed E-state index contributed by atoms with van der Waals surface area (Å²) in [5.74, 6) is -2.03. The smallest absolute Gasteiger partial charge is 0.311 e. The van der Waals surface area contributed by atoms with Gasteiger partial charge in [-0.25, -0.2) is 9.37 Å². The molecule has 0 radical (unpaired) electrons. The first kappa shape index (κ1) is 12.9. The fraction of sp³-hybridized carbons (Fsp3) is 0.364. The van der Waals surface area contributed by atoms with Crippen molar-refractivity contribution in [3.05, 3.63) is 22.6 Å². The Hall–Kier alpha value is -1.50. The maximum Gasteiger partial charge on any atom is 0.311 e. The molecule has 1 saturated heterocycles. The van der Waals surface area contributed by atoms with E-state index in [4.69, 9.17) is 0 Å². The second-order valence-electron chi connectivity index (χ2n) is 3.89. The van der Waals surface area contributed by atoms with Crippen molar-refractivity contribution in [3.63, 3.8) is 0 Å². The number of anilines is 1. The van der Waals surface area contributed by atoms with Crippen molar-refractivity contribution >= 4 is 33.6 Å². The lowest BCUT2D eigenvalue weighted by Crippen LogP contribution is -2.28. The molecule has 1 fully saturated rings. The number of halogens is 2. The minimum atomic E-state index is -0.608. The number of nitrogens with zero attached hydrogens (tertiary/aromatic N) is 2. The Kier molecular flexibility index (Phi) is 3.60. The highest BCUT2D eigenvalue weighted by Crippen LogP contribution is 2.27. The molecule has 0 spiro atoms. The zero-order valence-electron chi connectivity index (χ0n) is 9.52. The SMILES string of the molecule is COC(=O)C1CC(=O)N(c2ncc(Br)cc2F)C1. The minimum absolute atomic E-state index is 0.0177. The summed E-state index contributed by atoms with van der Waals surface area (Å²) in [5, 5.41) is 0. The molecule has 18 heavy (non-hydrogen) atoms. The van der Waals surface area contributed by atoms with E-state index >= 15 is 0 Å². The number of rotatable bonds is 2. The molecule has 1 aliphatic rings. The average Bonchev–Trinajstić information content (AvgIpc) is 2.70. The van der Waals surface area contributed by atoms with E-state index in [2.05, 4.69) is 25.7 Å². The van der Waals surface area contributed by atoms with Crippen molar-refractivity contribution in [3.8, 4) is 0 Å². The molecule has 5 nitrogen and oxygen atoms in total. The topological polar surface area (TPSA) is 59.5 Å². The number of hydrogen-bond acceptors (Lipinski definition) is 4. The van der Waals surface area contributed by atoms with Crippen LogP contribution in [0.4, 0.5) is 10.2 Å². The van der Waals surface area contributed by atoms with E-state index in [-0.39, 0.29) is 24.7 Å². The predicted octanol–water partition coefficient (Wildman–Crippen LogP) is 1.51. The zero-order chi connectivity index (χ0) is 13.3. The largest absolute Gasteiger partial charge is 0.469 e. The highest BCUT2D eigenvalue weighted by molar-refractivity contribution is 9.10. The summed E-state index contributed by atoms with van der Waals surface area (Å²) < 4.78 is 18.7. The fourth-order valence-electron chi connectivity index (χ4n) is 1.84. The molecular formula is C11H10BrFN2O3. The predicted molar refractivity (Wildman–Crippen MR) is 64.4 cm³/mol. The van der Waals surface area contributed by atoms with Gasteiger partial charge in [-0.2, -0.15) is 0 Å². The molecule has 1 unspecified atom stereocenters. The van der Waals surface area contributed by atoms with Crippen molar-refractivity contribution in [1.82, 2.24) is 4.98 Å². The van der Waals surface area contributed by atoms with Crippen molar-refractivity contribution < 1.29 is 18.7 Å².